The van der Waals surface area contributed by atoms with E-state index in [2.05, 4.69) is 5.32 Å². The van der Waals surface area contributed by atoms with E-state index in [0.717, 1.165) is 0 Å². The normalized spacial score (nSPS) is 26.4. The molecular formula is C9H14N2O3S2. The maximum atomic E-state index is 12.1. The summed E-state index contributed by atoms with van der Waals surface area (Å²) < 4.78 is 25.8. The maximum absolute atomic E-state index is 12.1. The Balaban J connectivity index is 2.24. The standard InChI is InChI=1S/C9H14N2O3S2/c1-11(7-5-10-6-8(7)12)16(13,14)9-3-2-4-15-9/h2-4,7-8,10,12H,5-6H2,1H3/t7-,8-/m1/s1. The fourth-order valence-corrected chi connectivity index (χ4v) is 4.31. The van der Waals surface area contributed by atoms with Crippen LogP contribution in [0.1, 0.15) is 0 Å². The van der Waals surface area contributed by atoms with Crippen LogP contribution in [0.25, 0.3) is 0 Å². The molecule has 0 bridgehead atoms. The second kappa shape index (κ2) is 4.42. The van der Waals surface area contributed by atoms with Gasteiger partial charge < -0.3 is 10.4 Å². The Morgan fingerprint density at radius 3 is 2.81 bits per heavy atom. The van der Waals surface area contributed by atoms with Crippen LogP contribution in [-0.2, 0) is 10.0 Å². The Bertz CT molecular complexity index is 443. The molecule has 90 valence electrons. The van der Waals surface area contributed by atoms with E-state index in [1.165, 1.54) is 22.7 Å². The summed E-state index contributed by atoms with van der Waals surface area (Å²) in [4.78, 5) is 0. The summed E-state index contributed by atoms with van der Waals surface area (Å²) in [6, 6.07) is 2.90. The van der Waals surface area contributed by atoms with Crippen molar-refractivity contribution in [2.75, 3.05) is 20.1 Å². The van der Waals surface area contributed by atoms with E-state index in [4.69, 9.17) is 0 Å². The van der Waals surface area contributed by atoms with Crippen molar-refractivity contribution in [2.45, 2.75) is 16.4 Å². The molecule has 0 aromatic carbocycles. The molecule has 1 aliphatic rings. The van der Waals surface area contributed by atoms with Gasteiger partial charge in [-0.05, 0) is 11.4 Å². The van der Waals surface area contributed by atoms with Crippen molar-refractivity contribution < 1.29 is 13.5 Å². The van der Waals surface area contributed by atoms with Crippen LogP contribution < -0.4 is 5.32 Å². The molecule has 1 fully saturated rings. The Labute approximate surface area is 98.8 Å². The Kier molecular flexibility index (Phi) is 3.32. The van der Waals surface area contributed by atoms with Gasteiger partial charge in [-0.2, -0.15) is 4.31 Å². The summed E-state index contributed by atoms with van der Waals surface area (Å²) in [5.41, 5.74) is 0. The molecule has 2 N–H and O–H groups in total. The molecule has 2 heterocycles. The lowest BCUT2D eigenvalue weighted by atomic mass is 10.2. The average Bonchev–Trinajstić information content (AvgIpc) is 2.86. The van der Waals surface area contributed by atoms with E-state index < -0.39 is 16.1 Å². The lowest BCUT2D eigenvalue weighted by molar-refractivity contribution is 0.136. The molecule has 0 amide bonds. The van der Waals surface area contributed by atoms with E-state index in [9.17, 15) is 13.5 Å². The molecule has 0 aliphatic carbocycles. The minimum Gasteiger partial charge on any atom is -0.390 e. The smallest absolute Gasteiger partial charge is 0.252 e. The fourth-order valence-electron chi connectivity index (χ4n) is 1.75. The molecule has 2 rings (SSSR count). The first-order valence-corrected chi connectivity index (χ1v) is 7.26. The Morgan fingerprint density at radius 2 is 2.31 bits per heavy atom. The number of thiophene rings is 1. The third-order valence-electron chi connectivity index (χ3n) is 2.75. The van der Waals surface area contributed by atoms with Gasteiger partial charge in [-0.15, -0.1) is 11.3 Å². The first-order valence-electron chi connectivity index (χ1n) is 4.94. The summed E-state index contributed by atoms with van der Waals surface area (Å²) in [7, 11) is -1.95. The van der Waals surface area contributed by atoms with Gasteiger partial charge in [0.15, 0.2) is 0 Å². The van der Waals surface area contributed by atoms with Crippen molar-refractivity contribution in [3.63, 3.8) is 0 Å². The predicted molar refractivity (Wildman–Crippen MR) is 61.9 cm³/mol. The van der Waals surface area contributed by atoms with Crippen molar-refractivity contribution in [2.24, 2.45) is 0 Å². The van der Waals surface area contributed by atoms with Gasteiger partial charge in [0.25, 0.3) is 10.0 Å². The third kappa shape index (κ3) is 2.01. The van der Waals surface area contributed by atoms with E-state index >= 15 is 0 Å². The third-order valence-corrected chi connectivity index (χ3v) is 6.00. The van der Waals surface area contributed by atoms with E-state index in [1.807, 2.05) is 0 Å². The van der Waals surface area contributed by atoms with Crippen molar-refractivity contribution >= 4 is 21.4 Å². The number of nitrogens with one attached hydrogen (secondary N) is 1. The van der Waals surface area contributed by atoms with Crippen LogP contribution in [0.3, 0.4) is 0 Å². The number of aliphatic hydroxyl groups excluding tert-OH is 1. The topological polar surface area (TPSA) is 69.6 Å². The second-order valence-electron chi connectivity index (χ2n) is 3.75. The summed E-state index contributed by atoms with van der Waals surface area (Å²) in [6.45, 7) is 0.928. The van der Waals surface area contributed by atoms with Crippen LogP contribution in [0.2, 0.25) is 0 Å². The summed E-state index contributed by atoms with van der Waals surface area (Å²) in [6.07, 6.45) is -0.639. The molecule has 1 aliphatic heterocycles. The zero-order valence-electron chi connectivity index (χ0n) is 8.83. The quantitative estimate of drug-likeness (QED) is 0.785. The molecule has 1 saturated heterocycles. The minimum absolute atomic E-state index is 0.314. The molecule has 0 saturated carbocycles. The number of aliphatic hydroxyl groups is 1. The highest BCUT2D eigenvalue weighted by Crippen LogP contribution is 2.23. The lowest BCUT2D eigenvalue weighted by Crippen LogP contribution is -2.43. The van der Waals surface area contributed by atoms with Gasteiger partial charge >= 0.3 is 0 Å². The number of hydrogen-bond acceptors (Lipinski definition) is 5. The van der Waals surface area contributed by atoms with Crippen molar-refractivity contribution in [1.82, 2.24) is 9.62 Å². The Hall–Kier alpha value is -0.470. The second-order valence-corrected chi connectivity index (χ2v) is 6.92. The predicted octanol–water partition coefficient (Wildman–Crippen LogP) is -0.299. The van der Waals surface area contributed by atoms with Crippen LogP contribution in [0.4, 0.5) is 0 Å². The van der Waals surface area contributed by atoms with Gasteiger partial charge in [-0.1, -0.05) is 6.07 Å². The molecule has 7 heteroatoms. The summed E-state index contributed by atoms with van der Waals surface area (Å²) in [5, 5.41) is 14.3. The summed E-state index contributed by atoms with van der Waals surface area (Å²) in [5.74, 6) is 0. The fraction of sp³-hybridized carbons (Fsp3) is 0.556. The molecule has 2 atom stereocenters. The first-order chi connectivity index (χ1) is 7.53. The van der Waals surface area contributed by atoms with Crippen molar-refractivity contribution in [1.29, 1.82) is 0 Å². The molecule has 1 aromatic rings. The van der Waals surface area contributed by atoms with Gasteiger partial charge in [-0.25, -0.2) is 8.42 Å². The molecule has 5 nitrogen and oxygen atoms in total. The van der Waals surface area contributed by atoms with Crippen LogP contribution >= 0.6 is 11.3 Å². The number of rotatable bonds is 3. The maximum Gasteiger partial charge on any atom is 0.252 e. The van der Waals surface area contributed by atoms with E-state index in [0.29, 0.717) is 17.3 Å². The zero-order valence-corrected chi connectivity index (χ0v) is 10.5. The molecule has 0 spiro atoms. The highest BCUT2D eigenvalue weighted by atomic mass is 32.2. The highest BCUT2D eigenvalue weighted by molar-refractivity contribution is 7.91. The van der Waals surface area contributed by atoms with Gasteiger partial charge in [0, 0.05) is 20.1 Å². The minimum atomic E-state index is -3.46. The van der Waals surface area contributed by atoms with Crippen LogP contribution in [0.15, 0.2) is 21.7 Å². The SMILES string of the molecule is CN([C@@H]1CNC[C@H]1O)S(=O)(=O)c1cccs1. The molecule has 16 heavy (non-hydrogen) atoms. The molecule has 0 unspecified atom stereocenters. The number of hydrogen-bond donors (Lipinski definition) is 2. The van der Waals surface area contributed by atoms with Gasteiger partial charge in [0.1, 0.15) is 4.21 Å². The molecular weight excluding hydrogens is 248 g/mol. The van der Waals surface area contributed by atoms with Gasteiger partial charge in [-0.3, -0.25) is 0 Å². The first kappa shape index (κ1) is 12.0. The zero-order chi connectivity index (χ0) is 11.8. The van der Waals surface area contributed by atoms with Crippen LogP contribution in [0, 0.1) is 0 Å². The van der Waals surface area contributed by atoms with Crippen molar-refractivity contribution in [3.05, 3.63) is 17.5 Å². The van der Waals surface area contributed by atoms with Crippen LogP contribution in [-0.4, -0.2) is 50.1 Å². The van der Waals surface area contributed by atoms with Crippen molar-refractivity contribution in [3.8, 4) is 0 Å². The number of likely N-dealkylation sites (N-methyl/N-ethyl adjacent to an activating group) is 1. The van der Waals surface area contributed by atoms with Gasteiger partial charge in [0.2, 0.25) is 0 Å². The monoisotopic (exact) mass is 262 g/mol. The number of nitrogens with zero attached hydrogens (tertiary/aromatic N) is 1. The largest absolute Gasteiger partial charge is 0.390 e. The highest BCUT2D eigenvalue weighted by Gasteiger charge is 2.35. The average molecular weight is 262 g/mol. The Morgan fingerprint density at radius 1 is 1.56 bits per heavy atom. The van der Waals surface area contributed by atoms with Crippen LogP contribution in [0.5, 0.6) is 0 Å². The van der Waals surface area contributed by atoms with Gasteiger partial charge in [0.05, 0.1) is 12.1 Å². The molecule has 1 aromatic heterocycles. The number of sulfonamides is 1. The number of β-amino-alcohol motifs (C(OH)–C–C–N with tert-alkyl or cyclic N) is 1. The molecule has 0 radical (unpaired) electrons. The van der Waals surface area contributed by atoms with E-state index in [1.54, 1.807) is 17.5 Å². The summed E-state index contributed by atoms with van der Waals surface area (Å²) >= 11 is 1.19. The van der Waals surface area contributed by atoms with E-state index in [-0.39, 0.29) is 6.04 Å². The lowest BCUT2D eigenvalue weighted by Gasteiger charge is -2.24.